The fourth-order valence-electron chi connectivity index (χ4n) is 7.92. The highest BCUT2D eigenvalue weighted by Gasteiger charge is 2.36. The van der Waals surface area contributed by atoms with E-state index in [1.807, 2.05) is 4.90 Å². The van der Waals surface area contributed by atoms with E-state index in [9.17, 15) is 4.79 Å². The Labute approximate surface area is 360 Å². The SMILES string of the molecule is CCCCC/C=C\C/C=C\CCCCCCCCCCOC[C@H]1CN(C(=O)[C@@H](N)CCCCN)C[C@@H]1COCCCCCCCCCC/C=C\C/C=C\CCCCC. The van der Waals surface area contributed by atoms with E-state index in [1.54, 1.807) is 0 Å². The Morgan fingerprint density at radius 3 is 1.26 bits per heavy atom. The van der Waals surface area contributed by atoms with Gasteiger partial charge in [-0.05, 0) is 96.4 Å². The van der Waals surface area contributed by atoms with E-state index in [0.717, 1.165) is 64.8 Å². The third-order valence-electron chi connectivity index (χ3n) is 11.8. The van der Waals surface area contributed by atoms with Crippen LogP contribution in [-0.4, -0.2) is 62.9 Å². The second kappa shape index (κ2) is 43.4. The van der Waals surface area contributed by atoms with E-state index < -0.39 is 6.04 Å². The van der Waals surface area contributed by atoms with Gasteiger partial charge in [0.05, 0.1) is 19.3 Å². The average Bonchev–Trinajstić information content (AvgIpc) is 3.64. The molecule has 1 rings (SSSR count). The third kappa shape index (κ3) is 34.0. The lowest BCUT2D eigenvalue weighted by Crippen LogP contribution is -2.43. The van der Waals surface area contributed by atoms with Crippen LogP contribution >= 0.6 is 0 Å². The molecule has 4 N–H and O–H groups in total. The van der Waals surface area contributed by atoms with E-state index in [0.29, 0.717) is 38.0 Å². The first kappa shape index (κ1) is 54.3. The van der Waals surface area contributed by atoms with Crippen molar-refractivity contribution in [3.63, 3.8) is 0 Å². The van der Waals surface area contributed by atoms with Gasteiger partial charge in [-0.3, -0.25) is 4.79 Å². The van der Waals surface area contributed by atoms with Crippen molar-refractivity contribution in [2.45, 2.75) is 219 Å². The third-order valence-corrected chi connectivity index (χ3v) is 11.8. The fraction of sp³-hybridized carbons (Fsp3) is 0.827. The Hall–Kier alpha value is -1.73. The smallest absolute Gasteiger partial charge is 0.239 e. The number of hydrogen-bond acceptors (Lipinski definition) is 5. The first-order valence-corrected chi connectivity index (χ1v) is 25.1. The number of likely N-dealkylation sites (tertiary alicyclic amines) is 1. The van der Waals surface area contributed by atoms with Gasteiger partial charge in [-0.1, -0.05) is 172 Å². The maximum absolute atomic E-state index is 13.2. The minimum absolute atomic E-state index is 0.0827. The van der Waals surface area contributed by atoms with Gasteiger partial charge in [0.25, 0.3) is 0 Å². The van der Waals surface area contributed by atoms with Crippen molar-refractivity contribution in [1.82, 2.24) is 4.90 Å². The summed E-state index contributed by atoms with van der Waals surface area (Å²) in [6.45, 7) is 9.67. The molecule has 1 heterocycles. The van der Waals surface area contributed by atoms with Crippen LogP contribution in [0.2, 0.25) is 0 Å². The summed E-state index contributed by atoms with van der Waals surface area (Å²) in [6, 6.07) is -0.434. The Balaban J connectivity index is 2.16. The zero-order valence-corrected chi connectivity index (χ0v) is 38.5. The number of rotatable bonds is 43. The van der Waals surface area contributed by atoms with Crippen molar-refractivity contribution in [2.24, 2.45) is 23.3 Å². The number of amides is 1. The number of carbonyl (C=O) groups is 1. The lowest BCUT2D eigenvalue weighted by molar-refractivity contribution is -0.132. The molecule has 1 aliphatic rings. The van der Waals surface area contributed by atoms with Gasteiger partial charge < -0.3 is 25.8 Å². The van der Waals surface area contributed by atoms with Crippen LogP contribution in [0.3, 0.4) is 0 Å². The topological polar surface area (TPSA) is 90.8 Å². The molecule has 0 radical (unpaired) electrons. The van der Waals surface area contributed by atoms with Crippen molar-refractivity contribution >= 4 is 5.91 Å². The molecular weight excluding hydrogens is 715 g/mol. The van der Waals surface area contributed by atoms with Crippen LogP contribution < -0.4 is 11.5 Å². The normalized spacial score (nSPS) is 16.7. The molecule has 0 aliphatic carbocycles. The monoisotopic (exact) mass is 812 g/mol. The standard InChI is InChI=1S/C52H97N3O3/c1-3-5-7-9-11-13-15-17-19-21-23-25-27-29-31-33-35-39-43-57-47-49-45-55(52(56)51(54)41-37-38-42-53)46-50(49)48-58-44-40-36-34-32-30-28-26-24-22-20-18-16-14-12-10-8-6-4-2/h11-14,17-20,49-51H,3-10,15-16,21-48,53-54H2,1-2H3/b13-11-,14-12-,19-17-,20-18-/t49-,50-,51+/m1/s1. The number of nitrogens with zero attached hydrogens (tertiary/aromatic N) is 1. The van der Waals surface area contributed by atoms with Gasteiger partial charge in [0.15, 0.2) is 0 Å². The summed E-state index contributed by atoms with van der Waals surface area (Å²) < 4.78 is 12.5. The molecule has 0 unspecified atom stereocenters. The number of carbonyl (C=O) groups excluding carboxylic acids is 1. The Kier molecular flexibility index (Phi) is 40.6. The fourth-order valence-corrected chi connectivity index (χ4v) is 7.92. The molecule has 0 saturated carbocycles. The molecule has 0 aromatic rings. The minimum Gasteiger partial charge on any atom is -0.381 e. The Morgan fingerprint density at radius 2 is 0.879 bits per heavy atom. The lowest BCUT2D eigenvalue weighted by atomic mass is 9.98. The number of nitrogens with two attached hydrogens (primary N) is 2. The van der Waals surface area contributed by atoms with Crippen LogP contribution in [0.25, 0.3) is 0 Å². The molecule has 0 aromatic carbocycles. The predicted octanol–water partition coefficient (Wildman–Crippen LogP) is 13.7. The van der Waals surface area contributed by atoms with Gasteiger partial charge in [-0.25, -0.2) is 0 Å². The molecule has 1 saturated heterocycles. The predicted molar refractivity (Wildman–Crippen MR) is 253 cm³/mol. The summed E-state index contributed by atoms with van der Waals surface area (Å²) >= 11 is 0. The molecule has 0 bridgehead atoms. The first-order valence-electron chi connectivity index (χ1n) is 25.1. The molecule has 3 atom stereocenters. The van der Waals surface area contributed by atoms with E-state index in [-0.39, 0.29) is 5.91 Å². The Bertz CT molecular complexity index is 930. The molecule has 338 valence electrons. The molecule has 6 heteroatoms. The van der Waals surface area contributed by atoms with E-state index >= 15 is 0 Å². The van der Waals surface area contributed by atoms with Crippen LogP contribution in [-0.2, 0) is 14.3 Å². The van der Waals surface area contributed by atoms with Crippen molar-refractivity contribution in [3.05, 3.63) is 48.6 Å². The van der Waals surface area contributed by atoms with Crippen LogP contribution in [0, 0.1) is 11.8 Å². The van der Waals surface area contributed by atoms with Gasteiger partial charge in [-0.2, -0.15) is 0 Å². The summed E-state index contributed by atoms with van der Waals surface area (Å²) in [6.07, 6.45) is 57.0. The summed E-state index contributed by atoms with van der Waals surface area (Å²) in [5.41, 5.74) is 12.0. The van der Waals surface area contributed by atoms with Crippen LogP contribution in [0.1, 0.15) is 213 Å². The highest BCUT2D eigenvalue weighted by atomic mass is 16.5. The van der Waals surface area contributed by atoms with E-state index in [1.165, 1.54) is 154 Å². The van der Waals surface area contributed by atoms with Gasteiger partial charge in [0, 0.05) is 38.1 Å². The molecule has 0 spiro atoms. The van der Waals surface area contributed by atoms with Crippen LogP contribution in [0.4, 0.5) is 0 Å². The highest BCUT2D eigenvalue weighted by Crippen LogP contribution is 2.26. The molecule has 0 aromatic heterocycles. The largest absolute Gasteiger partial charge is 0.381 e. The number of hydrogen-bond donors (Lipinski definition) is 2. The van der Waals surface area contributed by atoms with E-state index in [2.05, 4.69) is 62.5 Å². The van der Waals surface area contributed by atoms with Crippen molar-refractivity contribution in [2.75, 3.05) is 46.1 Å². The van der Waals surface area contributed by atoms with Crippen LogP contribution in [0.5, 0.6) is 0 Å². The lowest BCUT2D eigenvalue weighted by Gasteiger charge is -2.21. The summed E-state index contributed by atoms with van der Waals surface area (Å²) in [5.74, 6) is 0.712. The second-order valence-corrected chi connectivity index (χ2v) is 17.4. The summed E-state index contributed by atoms with van der Waals surface area (Å²) in [4.78, 5) is 15.2. The maximum atomic E-state index is 13.2. The molecule has 1 fully saturated rings. The highest BCUT2D eigenvalue weighted by molar-refractivity contribution is 5.81. The average molecular weight is 812 g/mol. The summed E-state index contributed by atoms with van der Waals surface area (Å²) in [7, 11) is 0. The summed E-state index contributed by atoms with van der Waals surface area (Å²) in [5, 5.41) is 0. The maximum Gasteiger partial charge on any atom is 0.239 e. The molecular formula is C52H97N3O3. The quantitative estimate of drug-likeness (QED) is 0.0473. The molecule has 58 heavy (non-hydrogen) atoms. The van der Waals surface area contributed by atoms with Crippen molar-refractivity contribution < 1.29 is 14.3 Å². The van der Waals surface area contributed by atoms with Gasteiger partial charge >= 0.3 is 0 Å². The minimum atomic E-state index is -0.434. The second-order valence-electron chi connectivity index (χ2n) is 17.4. The van der Waals surface area contributed by atoms with Gasteiger partial charge in [0.2, 0.25) is 5.91 Å². The number of ether oxygens (including phenoxy) is 2. The molecule has 6 nitrogen and oxygen atoms in total. The zero-order valence-electron chi connectivity index (χ0n) is 38.5. The first-order chi connectivity index (χ1) is 28.6. The zero-order chi connectivity index (χ0) is 41.8. The van der Waals surface area contributed by atoms with Gasteiger partial charge in [0.1, 0.15) is 0 Å². The molecule has 1 aliphatic heterocycles. The van der Waals surface area contributed by atoms with Crippen molar-refractivity contribution in [3.8, 4) is 0 Å². The van der Waals surface area contributed by atoms with Crippen LogP contribution in [0.15, 0.2) is 48.6 Å². The Morgan fingerprint density at radius 1 is 0.517 bits per heavy atom. The number of allylic oxidation sites excluding steroid dienone is 8. The van der Waals surface area contributed by atoms with Crippen molar-refractivity contribution in [1.29, 1.82) is 0 Å². The molecule has 1 amide bonds. The number of unbranched alkanes of at least 4 members (excludes halogenated alkanes) is 23. The van der Waals surface area contributed by atoms with Gasteiger partial charge in [-0.15, -0.1) is 0 Å². The van der Waals surface area contributed by atoms with E-state index in [4.69, 9.17) is 20.9 Å².